The molecule has 0 spiro atoms. The molecule has 7 heteroatoms. The molecule has 1 amide bonds. The standard InChI is InChI=1S/C26H25NO6/c1-15(28)17-11-10-16(12-23(17)29)25(31)24(30)13-27-26(32)33-14-22-20-8-4-2-6-18(20)19-7-3-5-9-21(19)22/h2-12,22,24-25,29-31H,13-14H2,1H3,(H,27,32). The monoisotopic (exact) mass is 447 g/mol. The topological polar surface area (TPSA) is 116 Å². The van der Waals surface area contributed by atoms with E-state index in [1.165, 1.54) is 25.1 Å². The predicted molar refractivity (Wildman–Crippen MR) is 122 cm³/mol. The van der Waals surface area contributed by atoms with Crippen molar-refractivity contribution in [3.05, 3.63) is 89.0 Å². The Bertz CT molecular complexity index is 1150. The van der Waals surface area contributed by atoms with E-state index in [0.717, 1.165) is 22.3 Å². The third kappa shape index (κ3) is 4.60. The van der Waals surface area contributed by atoms with Crippen molar-refractivity contribution in [1.82, 2.24) is 5.32 Å². The zero-order valence-corrected chi connectivity index (χ0v) is 18.1. The number of phenols is 1. The van der Waals surface area contributed by atoms with Gasteiger partial charge in [-0.2, -0.15) is 0 Å². The molecule has 7 nitrogen and oxygen atoms in total. The van der Waals surface area contributed by atoms with Crippen LogP contribution in [0.2, 0.25) is 0 Å². The molecule has 0 fully saturated rings. The van der Waals surface area contributed by atoms with Gasteiger partial charge in [-0.3, -0.25) is 4.79 Å². The van der Waals surface area contributed by atoms with Crippen LogP contribution in [0.25, 0.3) is 11.1 Å². The van der Waals surface area contributed by atoms with Crippen molar-refractivity contribution >= 4 is 11.9 Å². The van der Waals surface area contributed by atoms with Gasteiger partial charge in [-0.1, -0.05) is 54.6 Å². The molecular weight excluding hydrogens is 422 g/mol. The minimum atomic E-state index is -1.37. The lowest BCUT2D eigenvalue weighted by Gasteiger charge is -2.20. The third-order valence-corrected chi connectivity index (χ3v) is 5.91. The third-order valence-electron chi connectivity index (χ3n) is 5.91. The molecule has 0 radical (unpaired) electrons. The number of Topliss-reactive ketones (excluding diaryl/α,β-unsaturated/α-hetero) is 1. The first-order valence-corrected chi connectivity index (χ1v) is 10.7. The number of aromatic hydroxyl groups is 1. The molecule has 2 atom stereocenters. The number of carbonyl (C=O) groups is 2. The van der Waals surface area contributed by atoms with Crippen LogP contribution in [-0.4, -0.2) is 46.5 Å². The molecule has 0 aliphatic heterocycles. The predicted octanol–water partition coefficient (Wildman–Crippen LogP) is 3.53. The number of ether oxygens (including phenoxy) is 1. The van der Waals surface area contributed by atoms with Crippen LogP contribution >= 0.6 is 0 Å². The molecule has 3 aromatic carbocycles. The fourth-order valence-electron chi connectivity index (χ4n) is 4.20. The lowest BCUT2D eigenvalue weighted by molar-refractivity contribution is 0.0184. The Morgan fingerprint density at radius 3 is 2.15 bits per heavy atom. The number of fused-ring (bicyclic) bond motifs is 3. The summed E-state index contributed by atoms with van der Waals surface area (Å²) in [6.07, 6.45) is -3.42. The van der Waals surface area contributed by atoms with Gasteiger partial charge in [0, 0.05) is 12.5 Å². The summed E-state index contributed by atoms with van der Waals surface area (Å²) in [5.41, 5.74) is 4.78. The van der Waals surface area contributed by atoms with Crippen LogP contribution in [0, 0.1) is 0 Å². The molecule has 0 saturated carbocycles. The first kappa shape index (κ1) is 22.5. The molecule has 4 N–H and O–H groups in total. The van der Waals surface area contributed by atoms with Gasteiger partial charge in [0.2, 0.25) is 0 Å². The molecule has 4 rings (SSSR count). The van der Waals surface area contributed by atoms with Gasteiger partial charge >= 0.3 is 6.09 Å². The molecule has 3 aromatic rings. The quantitative estimate of drug-likeness (QED) is 0.412. The van der Waals surface area contributed by atoms with Gasteiger partial charge in [0.15, 0.2) is 5.78 Å². The average Bonchev–Trinajstić information content (AvgIpc) is 3.14. The lowest BCUT2D eigenvalue weighted by atomic mass is 9.98. The highest BCUT2D eigenvalue weighted by molar-refractivity contribution is 5.96. The maximum Gasteiger partial charge on any atom is 0.407 e. The number of amides is 1. The van der Waals surface area contributed by atoms with E-state index >= 15 is 0 Å². The van der Waals surface area contributed by atoms with Gasteiger partial charge in [0.25, 0.3) is 0 Å². The van der Waals surface area contributed by atoms with E-state index in [-0.39, 0.29) is 41.7 Å². The summed E-state index contributed by atoms with van der Waals surface area (Å²) in [5, 5.41) is 33.0. The summed E-state index contributed by atoms with van der Waals surface area (Å²) in [4.78, 5) is 23.7. The summed E-state index contributed by atoms with van der Waals surface area (Å²) in [6.45, 7) is 1.20. The molecule has 0 heterocycles. The number of nitrogens with one attached hydrogen (secondary N) is 1. The van der Waals surface area contributed by atoms with E-state index in [4.69, 9.17) is 4.74 Å². The van der Waals surface area contributed by atoms with Gasteiger partial charge in [0.05, 0.1) is 5.56 Å². The van der Waals surface area contributed by atoms with Crippen LogP contribution in [0.15, 0.2) is 66.7 Å². The maximum absolute atomic E-state index is 12.3. The summed E-state index contributed by atoms with van der Waals surface area (Å²) >= 11 is 0. The zero-order chi connectivity index (χ0) is 23.5. The summed E-state index contributed by atoms with van der Waals surface area (Å²) in [7, 11) is 0. The van der Waals surface area contributed by atoms with Gasteiger partial charge in [-0.05, 0) is 46.9 Å². The minimum absolute atomic E-state index is 0.0820. The fraction of sp³-hybridized carbons (Fsp3) is 0.231. The number of hydrogen-bond donors (Lipinski definition) is 4. The number of alkyl carbamates (subject to hydrolysis) is 1. The second-order valence-corrected chi connectivity index (χ2v) is 8.05. The van der Waals surface area contributed by atoms with Crippen molar-refractivity contribution in [3.63, 3.8) is 0 Å². The Morgan fingerprint density at radius 1 is 0.970 bits per heavy atom. The highest BCUT2D eigenvalue weighted by Gasteiger charge is 2.29. The second kappa shape index (κ2) is 9.44. The summed E-state index contributed by atoms with van der Waals surface area (Å²) < 4.78 is 5.42. The molecule has 0 bridgehead atoms. The van der Waals surface area contributed by atoms with Crippen molar-refractivity contribution in [2.75, 3.05) is 13.2 Å². The smallest absolute Gasteiger partial charge is 0.407 e. The van der Waals surface area contributed by atoms with Crippen molar-refractivity contribution in [1.29, 1.82) is 0 Å². The number of aliphatic hydroxyl groups is 2. The number of benzene rings is 3. The number of aliphatic hydroxyl groups excluding tert-OH is 2. The molecule has 33 heavy (non-hydrogen) atoms. The lowest BCUT2D eigenvalue weighted by Crippen LogP contribution is -2.36. The van der Waals surface area contributed by atoms with E-state index in [1.807, 2.05) is 48.5 Å². The van der Waals surface area contributed by atoms with Gasteiger partial charge < -0.3 is 25.4 Å². The number of rotatable bonds is 7. The van der Waals surface area contributed by atoms with E-state index < -0.39 is 18.3 Å². The normalized spacial score (nSPS) is 14.2. The van der Waals surface area contributed by atoms with Gasteiger partial charge in [0.1, 0.15) is 24.6 Å². The molecule has 0 saturated heterocycles. The molecule has 170 valence electrons. The first-order chi connectivity index (χ1) is 15.9. The largest absolute Gasteiger partial charge is 0.507 e. The van der Waals surface area contributed by atoms with Gasteiger partial charge in [-0.15, -0.1) is 0 Å². The Labute approximate surface area is 191 Å². The molecular formula is C26H25NO6. The minimum Gasteiger partial charge on any atom is -0.507 e. The van der Waals surface area contributed by atoms with Crippen LogP contribution in [-0.2, 0) is 4.74 Å². The van der Waals surface area contributed by atoms with Crippen molar-refractivity contribution in [3.8, 4) is 16.9 Å². The Morgan fingerprint density at radius 2 is 1.58 bits per heavy atom. The van der Waals surface area contributed by atoms with Crippen molar-refractivity contribution in [2.45, 2.75) is 25.0 Å². The summed E-state index contributed by atoms with van der Waals surface area (Å²) in [5.74, 6) is -0.678. The van der Waals surface area contributed by atoms with Crippen LogP contribution in [0.1, 0.15) is 46.0 Å². The van der Waals surface area contributed by atoms with Crippen LogP contribution < -0.4 is 5.32 Å². The molecule has 2 unspecified atom stereocenters. The molecule has 1 aliphatic rings. The number of hydrogen-bond acceptors (Lipinski definition) is 6. The Kier molecular flexibility index (Phi) is 6.44. The summed E-state index contributed by atoms with van der Waals surface area (Å²) in [6, 6.07) is 20.0. The van der Waals surface area contributed by atoms with Gasteiger partial charge in [-0.25, -0.2) is 4.79 Å². The highest BCUT2D eigenvalue weighted by Crippen LogP contribution is 2.44. The van der Waals surface area contributed by atoms with Crippen molar-refractivity contribution < 1.29 is 29.6 Å². The Balaban J connectivity index is 1.34. The Hall–Kier alpha value is -3.68. The van der Waals surface area contributed by atoms with Crippen molar-refractivity contribution in [2.24, 2.45) is 0 Å². The van der Waals surface area contributed by atoms with E-state index in [0.29, 0.717) is 0 Å². The number of phenolic OH excluding ortho intramolecular Hbond substituents is 1. The van der Waals surface area contributed by atoms with Crippen LogP contribution in [0.3, 0.4) is 0 Å². The van der Waals surface area contributed by atoms with E-state index in [2.05, 4.69) is 5.32 Å². The number of carbonyl (C=O) groups excluding carboxylic acids is 2. The number of ketones is 1. The van der Waals surface area contributed by atoms with E-state index in [1.54, 1.807) is 0 Å². The molecule has 1 aliphatic carbocycles. The zero-order valence-electron chi connectivity index (χ0n) is 18.1. The second-order valence-electron chi connectivity index (χ2n) is 8.05. The fourth-order valence-corrected chi connectivity index (χ4v) is 4.20. The maximum atomic E-state index is 12.3. The van der Waals surface area contributed by atoms with E-state index in [9.17, 15) is 24.9 Å². The van der Waals surface area contributed by atoms with Crippen LogP contribution in [0.5, 0.6) is 5.75 Å². The van der Waals surface area contributed by atoms with Crippen LogP contribution in [0.4, 0.5) is 4.79 Å². The average molecular weight is 447 g/mol. The first-order valence-electron chi connectivity index (χ1n) is 10.7. The SMILES string of the molecule is CC(=O)c1ccc(C(O)C(O)CNC(=O)OCC2c3ccccc3-c3ccccc32)cc1O. The highest BCUT2D eigenvalue weighted by atomic mass is 16.5. The molecule has 0 aromatic heterocycles.